The van der Waals surface area contributed by atoms with Crippen LogP contribution in [0.4, 0.5) is 8.78 Å². The zero-order valence-electron chi connectivity index (χ0n) is 8.45. The number of hydrogen-bond acceptors (Lipinski definition) is 5. The van der Waals surface area contributed by atoms with E-state index in [-0.39, 0.29) is 19.4 Å². The predicted molar refractivity (Wildman–Crippen MR) is 55.3 cm³/mol. The second-order valence-electron chi connectivity index (χ2n) is 2.80. The van der Waals surface area contributed by atoms with Crippen LogP contribution in [0.2, 0.25) is 0 Å². The molecule has 0 amide bonds. The van der Waals surface area contributed by atoms with E-state index in [1.165, 1.54) is 0 Å². The van der Waals surface area contributed by atoms with Crippen molar-refractivity contribution in [1.82, 2.24) is 0 Å². The molecule has 0 aliphatic carbocycles. The van der Waals surface area contributed by atoms with E-state index >= 15 is 0 Å². The standard InChI is InChI=1S/C9H12F2O4S/c1-2-7(12)14-5-3-4-8(13)15-6-9(10,11)16/h2,16H,1,3-6H2. The summed E-state index contributed by atoms with van der Waals surface area (Å²) in [5.41, 5.74) is 0. The molecule has 0 N–H and O–H groups in total. The Morgan fingerprint density at radius 2 is 2.00 bits per heavy atom. The molecular formula is C9H12F2O4S. The zero-order chi connectivity index (χ0) is 12.6. The Morgan fingerprint density at radius 1 is 1.38 bits per heavy atom. The van der Waals surface area contributed by atoms with Crippen LogP contribution < -0.4 is 0 Å². The van der Waals surface area contributed by atoms with Crippen molar-refractivity contribution in [2.24, 2.45) is 0 Å². The smallest absolute Gasteiger partial charge is 0.330 e. The number of carbonyl (C=O) groups excluding carboxylic acids is 2. The molecule has 0 spiro atoms. The molecule has 0 heterocycles. The summed E-state index contributed by atoms with van der Waals surface area (Å²) in [5, 5.41) is -3.33. The molecule has 0 bridgehead atoms. The average molecular weight is 254 g/mol. The van der Waals surface area contributed by atoms with Gasteiger partial charge in [-0.05, 0) is 6.42 Å². The van der Waals surface area contributed by atoms with Gasteiger partial charge in [-0.2, -0.15) is 8.78 Å². The van der Waals surface area contributed by atoms with Crippen molar-refractivity contribution in [3.05, 3.63) is 12.7 Å². The fourth-order valence-electron chi connectivity index (χ4n) is 0.688. The van der Waals surface area contributed by atoms with E-state index in [1.807, 2.05) is 0 Å². The molecule has 0 aromatic heterocycles. The van der Waals surface area contributed by atoms with Crippen LogP contribution in [0, 0.1) is 0 Å². The lowest BCUT2D eigenvalue weighted by Gasteiger charge is -2.09. The van der Waals surface area contributed by atoms with Gasteiger partial charge in [-0.25, -0.2) is 4.79 Å². The SMILES string of the molecule is C=CC(=O)OCCCC(=O)OCC(F)(F)S. The van der Waals surface area contributed by atoms with E-state index < -0.39 is 23.8 Å². The molecular weight excluding hydrogens is 242 g/mol. The molecule has 0 radical (unpaired) electrons. The number of rotatable bonds is 7. The number of esters is 2. The summed E-state index contributed by atoms with van der Waals surface area (Å²) in [4.78, 5) is 21.4. The lowest BCUT2D eigenvalue weighted by Crippen LogP contribution is -2.19. The molecule has 0 aliphatic heterocycles. The molecule has 0 saturated heterocycles. The molecule has 0 fully saturated rings. The number of ether oxygens (including phenoxy) is 2. The van der Waals surface area contributed by atoms with Gasteiger partial charge in [0.2, 0.25) is 0 Å². The summed E-state index contributed by atoms with van der Waals surface area (Å²) in [7, 11) is 0. The third-order valence-electron chi connectivity index (χ3n) is 1.34. The van der Waals surface area contributed by atoms with Crippen LogP contribution in [0.1, 0.15) is 12.8 Å². The summed E-state index contributed by atoms with van der Waals surface area (Å²) in [5.74, 6) is -1.39. The maximum atomic E-state index is 12.1. The maximum absolute atomic E-state index is 12.1. The Morgan fingerprint density at radius 3 is 2.50 bits per heavy atom. The fraction of sp³-hybridized carbons (Fsp3) is 0.556. The molecule has 0 atom stereocenters. The lowest BCUT2D eigenvalue weighted by atomic mass is 10.3. The van der Waals surface area contributed by atoms with Crippen molar-refractivity contribution in [2.45, 2.75) is 18.1 Å². The quantitative estimate of drug-likeness (QED) is 0.324. The number of alkyl halides is 2. The molecule has 0 aromatic rings. The highest BCUT2D eigenvalue weighted by molar-refractivity contribution is 7.81. The van der Waals surface area contributed by atoms with Gasteiger partial charge in [-0.1, -0.05) is 6.58 Å². The van der Waals surface area contributed by atoms with Gasteiger partial charge in [0.15, 0.2) is 6.61 Å². The molecule has 0 rings (SSSR count). The van der Waals surface area contributed by atoms with Crippen LogP contribution in [-0.4, -0.2) is 30.4 Å². The minimum absolute atomic E-state index is 0.0111. The first kappa shape index (κ1) is 14.9. The second kappa shape index (κ2) is 7.21. The Bertz CT molecular complexity index is 263. The van der Waals surface area contributed by atoms with Crippen LogP contribution in [0.3, 0.4) is 0 Å². The number of thiol groups is 1. The highest BCUT2D eigenvalue weighted by Crippen LogP contribution is 2.18. The summed E-state index contributed by atoms with van der Waals surface area (Å²) in [6.07, 6.45) is 1.09. The first-order valence-corrected chi connectivity index (χ1v) is 4.85. The van der Waals surface area contributed by atoms with Gasteiger partial charge in [0, 0.05) is 12.5 Å². The highest BCUT2D eigenvalue weighted by Gasteiger charge is 2.24. The van der Waals surface area contributed by atoms with Gasteiger partial charge in [0.05, 0.1) is 6.61 Å². The summed E-state index contributed by atoms with van der Waals surface area (Å²) in [6.45, 7) is 2.12. The summed E-state index contributed by atoms with van der Waals surface area (Å²) in [6, 6.07) is 0. The minimum atomic E-state index is -3.33. The molecule has 0 aliphatic rings. The normalized spacial score (nSPS) is 10.7. The largest absolute Gasteiger partial charge is 0.463 e. The number of halogens is 2. The highest BCUT2D eigenvalue weighted by atomic mass is 32.1. The van der Waals surface area contributed by atoms with E-state index in [0.29, 0.717) is 0 Å². The van der Waals surface area contributed by atoms with Crippen LogP contribution >= 0.6 is 12.6 Å². The molecule has 0 saturated carbocycles. The maximum Gasteiger partial charge on any atom is 0.330 e. The summed E-state index contributed by atoms with van der Waals surface area (Å²) >= 11 is 2.89. The fourth-order valence-corrected chi connectivity index (χ4v) is 0.752. The van der Waals surface area contributed by atoms with Gasteiger partial charge < -0.3 is 9.47 Å². The topological polar surface area (TPSA) is 52.6 Å². The molecule has 7 heteroatoms. The van der Waals surface area contributed by atoms with Gasteiger partial charge >= 0.3 is 17.2 Å². The Labute approximate surface area is 97.0 Å². The lowest BCUT2D eigenvalue weighted by molar-refractivity contribution is -0.150. The van der Waals surface area contributed by atoms with Gasteiger partial charge in [-0.15, -0.1) is 12.6 Å². The average Bonchev–Trinajstić information content (AvgIpc) is 2.20. The molecule has 0 unspecified atom stereocenters. The van der Waals surface area contributed by atoms with Crippen LogP contribution in [-0.2, 0) is 19.1 Å². The van der Waals surface area contributed by atoms with E-state index in [2.05, 4.69) is 28.7 Å². The van der Waals surface area contributed by atoms with Crippen LogP contribution in [0.15, 0.2) is 12.7 Å². The zero-order valence-corrected chi connectivity index (χ0v) is 9.34. The Balaban J connectivity index is 3.52. The Hall–Kier alpha value is -1.11. The third-order valence-corrected chi connectivity index (χ3v) is 1.47. The Kier molecular flexibility index (Phi) is 6.71. The van der Waals surface area contributed by atoms with Crippen molar-refractivity contribution in [1.29, 1.82) is 0 Å². The van der Waals surface area contributed by atoms with Crippen molar-refractivity contribution in [3.8, 4) is 0 Å². The van der Waals surface area contributed by atoms with Gasteiger partial charge in [-0.3, -0.25) is 4.79 Å². The van der Waals surface area contributed by atoms with E-state index in [1.54, 1.807) is 0 Å². The molecule has 16 heavy (non-hydrogen) atoms. The number of carbonyl (C=O) groups is 2. The molecule has 0 aromatic carbocycles. The first-order chi connectivity index (χ1) is 7.35. The van der Waals surface area contributed by atoms with E-state index in [9.17, 15) is 18.4 Å². The van der Waals surface area contributed by atoms with Gasteiger partial charge in [0.1, 0.15) is 0 Å². The van der Waals surface area contributed by atoms with Gasteiger partial charge in [0.25, 0.3) is 0 Å². The van der Waals surface area contributed by atoms with E-state index in [4.69, 9.17) is 0 Å². The van der Waals surface area contributed by atoms with E-state index in [0.717, 1.165) is 6.08 Å². The van der Waals surface area contributed by atoms with Crippen LogP contribution in [0.5, 0.6) is 0 Å². The minimum Gasteiger partial charge on any atom is -0.463 e. The van der Waals surface area contributed by atoms with Crippen molar-refractivity contribution >= 4 is 24.6 Å². The molecule has 4 nitrogen and oxygen atoms in total. The second-order valence-corrected chi connectivity index (χ2v) is 3.46. The predicted octanol–water partition coefficient (Wildman–Crippen LogP) is 1.56. The third kappa shape index (κ3) is 9.45. The summed E-state index contributed by atoms with van der Waals surface area (Å²) < 4.78 is 33.0. The van der Waals surface area contributed by atoms with Crippen LogP contribution in [0.25, 0.3) is 0 Å². The monoisotopic (exact) mass is 254 g/mol. The number of hydrogen-bond donors (Lipinski definition) is 1. The van der Waals surface area contributed by atoms with Crippen molar-refractivity contribution in [3.63, 3.8) is 0 Å². The first-order valence-electron chi connectivity index (χ1n) is 4.40. The molecule has 92 valence electrons. The van der Waals surface area contributed by atoms with Crippen molar-refractivity contribution < 1.29 is 27.8 Å². The van der Waals surface area contributed by atoms with Crippen molar-refractivity contribution in [2.75, 3.05) is 13.2 Å².